The lowest BCUT2D eigenvalue weighted by atomic mass is 9.72. The molecule has 0 radical (unpaired) electrons. The molecule has 1 aliphatic heterocycles. The molecule has 0 atom stereocenters. The van der Waals surface area contributed by atoms with E-state index in [1.165, 1.54) is 75.5 Å². The summed E-state index contributed by atoms with van der Waals surface area (Å²) in [5.41, 5.74) is 3.11. The number of hydrogen-bond acceptors (Lipinski definition) is 0. The fraction of sp³-hybridized carbons (Fsp3) is 0.571. The van der Waals surface area contributed by atoms with Gasteiger partial charge in [-0.3, -0.25) is 0 Å². The first-order chi connectivity index (χ1) is 15.1. The summed E-state index contributed by atoms with van der Waals surface area (Å²) in [4.78, 5) is 0. The van der Waals surface area contributed by atoms with Crippen LogP contribution in [0.5, 0.6) is 0 Å². The van der Waals surface area contributed by atoms with Crippen LogP contribution in [0.3, 0.4) is 0 Å². The van der Waals surface area contributed by atoms with Crippen LogP contribution in [-0.2, 0) is 0 Å². The minimum atomic E-state index is -0.788. The van der Waals surface area contributed by atoms with Crippen LogP contribution in [-0.4, -0.2) is 8.80 Å². The number of halogens is 2. The van der Waals surface area contributed by atoms with Gasteiger partial charge in [-0.2, -0.15) is 0 Å². The molecule has 1 heterocycles. The van der Waals surface area contributed by atoms with E-state index in [9.17, 15) is 8.78 Å². The van der Waals surface area contributed by atoms with E-state index in [1.54, 1.807) is 24.2 Å². The van der Waals surface area contributed by atoms with Crippen molar-refractivity contribution in [2.24, 2.45) is 11.8 Å². The molecule has 0 amide bonds. The molecule has 2 aromatic rings. The molecule has 0 nitrogen and oxygen atoms in total. The second-order valence-corrected chi connectivity index (χ2v) is 13.6. The summed E-state index contributed by atoms with van der Waals surface area (Å²) in [6.45, 7) is 2.32. The van der Waals surface area contributed by atoms with Gasteiger partial charge in [0, 0.05) is 8.80 Å². The largest absolute Gasteiger partial charge is 0.204 e. The van der Waals surface area contributed by atoms with Crippen LogP contribution in [0.25, 0.3) is 11.1 Å². The van der Waals surface area contributed by atoms with Crippen molar-refractivity contribution in [2.75, 3.05) is 0 Å². The minimum Gasteiger partial charge on any atom is -0.204 e. The lowest BCUT2D eigenvalue weighted by Gasteiger charge is -2.37. The van der Waals surface area contributed by atoms with Crippen molar-refractivity contribution in [3.05, 3.63) is 59.7 Å². The molecule has 0 bridgehead atoms. The van der Waals surface area contributed by atoms with Crippen molar-refractivity contribution in [2.45, 2.75) is 88.8 Å². The molecule has 0 aromatic heterocycles. The van der Waals surface area contributed by atoms with E-state index < -0.39 is 20.4 Å². The Kier molecular flexibility index (Phi) is 7.98. The summed E-state index contributed by atoms with van der Waals surface area (Å²) in [5.74, 6) is 1.06. The van der Waals surface area contributed by atoms with Crippen LogP contribution in [0.15, 0.2) is 42.5 Å². The molecule has 4 rings (SSSR count). The molecule has 1 aliphatic carbocycles. The maximum Gasteiger partial charge on any atom is 0.159 e. The van der Waals surface area contributed by atoms with E-state index in [0.29, 0.717) is 5.92 Å². The van der Waals surface area contributed by atoms with Crippen LogP contribution < -0.4 is 0 Å². The van der Waals surface area contributed by atoms with Gasteiger partial charge in [0.2, 0.25) is 0 Å². The molecule has 0 N–H and O–H groups in total. The summed E-state index contributed by atoms with van der Waals surface area (Å²) in [6, 6.07) is 17.5. The Morgan fingerprint density at radius 3 is 2.03 bits per heavy atom. The third-order valence-corrected chi connectivity index (χ3v) is 11.7. The number of unbranched alkanes of at least 4 members (excludes halogenated alkanes) is 2. The lowest BCUT2D eigenvalue weighted by molar-refractivity contribution is 0.216. The van der Waals surface area contributed by atoms with Gasteiger partial charge in [-0.25, -0.2) is 8.78 Å². The van der Waals surface area contributed by atoms with Crippen LogP contribution in [0, 0.1) is 23.5 Å². The van der Waals surface area contributed by atoms with Crippen molar-refractivity contribution < 1.29 is 8.78 Å². The maximum atomic E-state index is 13.5. The highest BCUT2D eigenvalue weighted by Gasteiger charge is 2.31. The lowest BCUT2D eigenvalue weighted by Crippen LogP contribution is -2.28. The highest BCUT2D eigenvalue weighted by Crippen LogP contribution is 2.43. The molecule has 2 aliphatic rings. The topological polar surface area (TPSA) is 0 Å². The SMILES string of the molecule is CCCCC[SiH]1CCC([C@H]2CC[C@H](c3ccc(-c4ccc(F)c(F)c4)cc3)CC2)CC1. The second kappa shape index (κ2) is 10.9. The molecule has 1 saturated carbocycles. The van der Waals surface area contributed by atoms with Gasteiger partial charge in [0.25, 0.3) is 0 Å². The van der Waals surface area contributed by atoms with Crippen molar-refractivity contribution in [1.29, 1.82) is 0 Å². The Labute approximate surface area is 189 Å². The summed E-state index contributed by atoms with van der Waals surface area (Å²) in [5, 5.41) is 0. The Morgan fingerprint density at radius 1 is 0.742 bits per heavy atom. The molecule has 1 saturated heterocycles. The van der Waals surface area contributed by atoms with Gasteiger partial charge < -0.3 is 0 Å². The molecular weight excluding hydrogens is 402 g/mol. The predicted molar refractivity (Wildman–Crippen MR) is 130 cm³/mol. The van der Waals surface area contributed by atoms with Gasteiger partial charge in [0.15, 0.2) is 11.6 Å². The van der Waals surface area contributed by atoms with Crippen molar-refractivity contribution in [1.82, 2.24) is 0 Å². The first-order valence-corrected chi connectivity index (χ1v) is 15.1. The van der Waals surface area contributed by atoms with E-state index in [0.717, 1.165) is 23.0 Å². The highest BCUT2D eigenvalue weighted by molar-refractivity contribution is 6.58. The molecule has 168 valence electrons. The number of hydrogen-bond donors (Lipinski definition) is 0. The second-order valence-electron chi connectivity index (χ2n) is 10.1. The Bertz CT molecular complexity index is 815. The molecule has 2 fully saturated rings. The van der Waals surface area contributed by atoms with Crippen molar-refractivity contribution in [3.63, 3.8) is 0 Å². The summed E-state index contributed by atoms with van der Waals surface area (Å²) >= 11 is 0. The summed E-state index contributed by atoms with van der Waals surface area (Å²) in [7, 11) is -0.393. The van der Waals surface area contributed by atoms with Gasteiger partial charge in [0.05, 0.1) is 0 Å². The fourth-order valence-electron chi connectivity index (χ4n) is 6.18. The smallest absolute Gasteiger partial charge is 0.159 e. The maximum absolute atomic E-state index is 13.5. The molecule has 0 unspecified atom stereocenters. The molecule has 2 aromatic carbocycles. The fourth-order valence-corrected chi connectivity index (χ4v) is 9.71. The van der Waals surface area contributed by atoms with Gasteiger partial charge in [-0.05, 0) is 72.3 Å². The number of benzene rings is 2. The first kappa shape index (κ1) is 22.7. The Morgan fingerprint density at radius 2 is 1.39 bits per heavy atom. The predicted octanol–water partition coefficient (Wildman–Crippen LogP) is 8.73. The standard InChI is InChI=1S/C28H38F2Si/c1-2-3-4-17-31-18-15-25(16-19-31)23-7-5-21(6-8-23)22-9-11-24(12-10-22)26-13-14-27(29)28(30)20-26/h9-14,20-21,23,25,31H,2-8,15-19H2,1H3/t21-,23-,25?,31?. The van der Waals surface area contributed by atoms with Gasteiger partial charge in [-0.1, -0.05) is 87.5 Å². The zero-order chi connectivity index (χ0) is 21.6. The van der Waals surface area contributed by atoms with Crippen LogP contribution >= 0.6 is 0 Å². The average molecular weight is 441 g/mol. The Hall–Kier alpha value is -1.48. The van der Waals surface area contributed by atoms with Crippen LogP contribution in [0.1, 0.15) is 76.2 Å². The third kappa shape index (κ3) is 5.86. The van der Waals surface area contributed by atoms with E-state index in [2.05, 4.69) is 31.2 Å². The van der Waals surface area contributed by atoms with E-state index in [4.69, 9.17) is 0 Å². The quantitative estimate of drug-likeness (QED) is 0.298. The third-order valence-electron chi connectivity index (χ3n) is 8.18. The van der Waals surface area contributed by atoms with Crippen LogP contribution in [0.4, 0.5) is 8.78 Å². The first-order valence-electron chi connectivity index (χ1n) is 12.7. The number of rotatable bonds is 7. The zero-order valence-corrected chi connectivity index (χ0v) is 20.2. The van der Waals surface area contributed by atoms with Gasteiger partial charge in [0.1, 0.15) is 0 Å². The molecule has 0 spiro atoms. The monoisotopic (exact) mass is 440 g/mol. The summed E-state index contributed by atoms with van der Waals surface area (Å²) < 4.78 is 26.7. The van der Waals surface area contributed by atoms with Crippen molar-refractivity contribution in [3.8, 4) is 11.1 Å². The van der Waals surface area contributed by atoms with Crippen molar-refractivity contribution >= 4 is 8.80 Å². The normalized spacial score (nSPS) is 26.7. The minimum absolute atomic E-state index is 0.393. The van der Waals surface area contributed by atoms with Gasteiger partial charge in [-0.15, -0.1) is 0 Å². The van der Waals surface area contributed by atoms with Crippen LogP contribution in [0.2, 0.25) is 18.1 Å². The molecule has 3 heteroatoms. The zero-order valence-electron chi connectivity index (χ0n) is 19.1. The van der Waals surface area contributed by atoms with Gasteiger partial charge >= 0.3 is 0 Å². The van der Waals surface area contributed by atoms with E-state index >= 15 is 0 Å². The summed E-state index contributed by atoms with van der Waals surface area (Å²) in [6.07, 6.45) is 12.8. The van der Waals surface area contributed by atoms with E-state index in [-0.39, 0.29) is 0 Å². The van der Waals surface area contributed by atoms with E-state index in [1.807, 2.05) is 0 Å². The molecular formula is C28H38F2Si. The molecule has 31 heavy (non-hydrogen) atoms. The average Bonchev–Trinajstić information content (AvgIpc) is 2.82. The Balaban J connectivity index is 1.26. The highest BCUT2D eigenvalue weighted by atomic mass is 28.3.